The number of carbonyl (C=O) groups is 2. The molecule has 0 aliphatic carbocycles. The lowest BCUT2D eigenvalue weighted by Gasteiger charge is -2.26. The van der Waals surface area contributed by atoms with Gasteiger partial charge in [-0.05, 0) is 25.0 Å². The molecule has 20 heavy (non-hydrogen) atoms. The summed E-state index contributed by atoms with van der Waals surface area (Å²) in [5.74, 6) is -1.08. The van der Waals surface area contributed by atoms with Crippen molar-refractivity contribution in [3.05, 3.63) is 24.2 Å². The third kappa shape index (κ3) is 3.60. The molecule has 0 aromatic carbocycles. The summed E-state index contributed by atoms with van der Waals surface area (Å²) in [7, 11) is 0. The van der Waals surface area contributed by atoms with Gasteiger partial charge in [-0.25, -0.2) is 0 Å². The summed E-state index contributed by atoms with van der Waals surface area (Å²) in [6, 6.07) is 3.51. The monoisotopic (exact) mass is 281 g/mol. The number of nitrogens with zero attached hydrogens (tertiary/aromatic N) is 1. The van der Waals surface area contributed by atoms with E-state index in [4.69, 9.17) is 14.3 Å². The molecule has 1 fully saturated rings. The second-order valence-corrected chi connectivity index (χ2v) is 5.04. The van der Waals surface area contributed by atoms with Gasteiger partial charge in [-0.15, -0.1) is 0 Å². The van der Waals surface area contributed by atoms with E-state index in [0.717, 1.165) is 6.42 Å². The zero-order valence-corrected chi connectivity index (χ0v) is 11.4. The lowest BCUT2D eigenvalue weighted by molar-refractivity contribution is -0.146. The molecule has 2 atom stereocenters. The van der Waals surface area contributed by atoms with Crippen LogP contribution in [-0.4, -0.2) is 41.1 Å². The largest absolute Gasteiger partial charge is 0.481 e. The molecule has 6 heteroatoms. The van der Waals surface area contributed by atoms with Gasteiger partial charge in [0.1, 0.15) is 11.9 Å². The average molecular weight is 281 g/mol. The average Bonchev–Trinajstić information content (AvgIpc) is 3.10. The van der Waals surface area contributed by atoms with Crippen LogP contribution in [0.5, 0.6) is 0 Å². The summed E-state index contributed by atoms with van der Waals surface area (Å²) in [6.45, 7) is 2.58. The van der Waals surface area contributed by atoms with Crippen LogP contribution in [0.1, 0.15) is 25.5 Å². The maximum atomic E-state index is 12.4. The van der Waals surface area contributed by atoms with Gasteiger partial charge in [0.2, 0.25) is 0 Å². The molecule has 1 amide bonds. The smallest absolute Gasteiger partial charge is 0.308 e. The van der Waals surface area contributed by atoms with Crippen LogP contribution in [-0.2, 0) is 20.9 Å². The van der Waals surface area contributed by atoms with E-state index in [0.29, 0.717) is 18.8 Å². The minimum atomic E-state index is -0.922. The SMILES string of the molecule is CC(CN(Cc1ccco1)C(=O)C1CCCO1)C(=O)O. The highest BCUT2D eigenvalue weighted by Gasteiger charge is 2.30. The van der Waals surface area contributed by atoms with Gasteiger partial charge in [0.05, 0.1) is 18.7 Å². The molecule has 1 aliphatic heterocycles. The summed E-state index contributed by atoms with van der Waals surface area (Å²) >= 11 is 0. The highest BCUT2D eigenvalue weighted by Crippen LogP contribution is 2.18. The van der Waals surface area contributed by atoms with Crippen molar-refractivity contribution in [1.29, 1.82) is 0 Å². The molecule has 0 radical (unpaired) electrons. The molecule has 1 aliphatic rings. The first-order valence-corrected chi connectivity index (χ1v) is 6.73. The van der Waals surface area contributed by atoms with Gasteiger partial charge in [-0.1, -0.05) is 6.92 Å². The Balaban J connectivity index is 2.05. The zero-order chi connectivity index (χ0) is 14.5. The van der Waals surface area contributed by atoms with Crippen molar-refractivity contribution in [3.8, 4) is 0 Å². The molecule has 1 saturated heterocycles. The maximum absolute atomic E-state index is 12.4. The van der Waals surface area contributed by atoms with Crippen molar-refractivity contribution in [2.24, 2.45) is 5.92 Å². The van der Waals surface area contributed by atoms with Crippen molar-refractivity contribution in [2.45, 2.75) is 32.4 Å². The van der Waals surface area contributed by atoms with Crippen molar-refractivity contribution < 1.29 is 23.8 Å². The van der Waals surface area contributed by atoms with Gasteiger partial charge in [0, 0.05) is 13.2 Å². The molecule has 2 unspecified atom stereocenters. The Hall–Kier alpha value is -1.82. The highest BCUT2D eigenvalue weighted by molar-refractivity contribution is 5.81. The van der Waals surface area contributed by atoms with E-state index in [1.165, 1.54) is 11.2 Å². The van der Waals surface area contributed by atoms with Gasteiger partial charge in [-0.2, -0.15) is 0 Å². The van der Waals surface area contributed by atoms with Crippen molar-refractivity contribution >= 4 is 11.9 Å². The number of ether oxygens (including phenoxy) is 1. The molecule has 1 aromatic rings. The van der Waals surface area contributed by atoms with Crippen LogP contribution in [0.4, 0.5) is 0 Å². The van der Waals surface area contributed by atoms with E-state index >= 15 is 0 Å². The Labute approximate surface area is 117 Å². The number of carboxylic acids is 1. The van der Waals surface area contributed by atoms with Crippen LogP contribution in [0.15, 0.2) is 22.8 Å². The summed E-state index contributed by atoms with van der Waals surface area (Å²) in [4.78, 5) is 24.9. The third-order valence-electron chi connectivity index (χ3n) is 3.36. The minimum Gasteiger partial charge on any atom is -0.481 e. The fraction of sp³-hybridized carbons (Fsp3) is 0.571. The van der Waals surface area contributed by atoms with E-state index in [9.17, 15) is 9.59 Å². The Bertz CT molecular complexity index is 450. The molecule has 110 valence electrons. The van der Waals surface area contributed by atoms with E-state index < -0.39 is 18.0 Å². The zero-order valence-electron chi connectivity index (χ0n) is 11.4. The van der Waals surface area contributed by atoms with E-state index in [1.807, 2.05) is 0 Å². The lowest BCUT2D eigenvalue weighted by Crippen LogP contribution is -2.42. The summed E-state index contributed by atoms with van der Waals surface area (Å²) < 4.78 is 10.6. The van der Waals surface area contributed by atoms with Gasteiger partial charge in [0.15, 0.2) is 0 Å². The van der Waals surface area contributed by atoms with E-state index in [-0.39, 0.29) is 19.0 Å². The molecule has 2 rings (SSSR count). The number of carboxylic acid groups (broad SMARTS) is 1. The number of carbonyl (C=O) groups excluding carboxylic acids is 1. The van der Waals surface area contributed by atoms with Crippen LogP contribution in [0, 0.1) is 5.92 Å². The Morgan fingerprint density at radius 2 is 2.35 bits per heavy atom. The molecular weight excluding hydrogens is 262 g/mol. The fourth-order valence-corrected chi connectivity index (χ4v) is 2.21. The fourth-order valence-electron chi connectivity index (χ4n) is 2.21. The minimum absolute atomic E-state index is 0.148. The third-order valence-corrected chi connectivity index (χ3v) is 3.36. The first-order chi connectivity index (χ1) is 9.58. The second-order valence-electron chi connectivity index (χ2n) is 5.04. The summed E-state index contributed by atoms with van der Waals surface area (Å²) in [5, 5.41) is 9.01. The van der Waals surface area contributed by atoms with Gasteiger partial charge >= 0.3 is 5.97 Å². The van der Waals surface area contributed by atoms with Crippen molar-refractivity contribution in [2.75, 3.05) is 13.2 Å². The lowest BCUT2D eigenvalue weighted by atomic mass is 10.1. The Kier molecular flexibility index (Phi) is 4.79. The molecule has 1 N–H and O–H groups in total. The second kappa shape index (κ2) is 6.56. The van der Waals surface area contributed by atoms with Crippen LogP contribution in [0.2, 0.25) is 0 Å². The first-order valence-electron chi connectivity index (χ1n) is 6.73. The maximum Gasteiger partial charge on any atom is 0.308 e. The first kappa shape index (κ1) is 14.6. The van der Waals surface area contributed by atoms with E-state index in [1.54, 1.807) is 19.1 Å². The van der Waals surface area contributed by atoms with Crippen LogP contribution >= 0.6 is 0 Å². The quantitative estimate of drug-likeness (QED) is 0.855. The topological polar surface area (TPSA) is 80.0 Å². The molecule has 0 spiro atoms. The molecule has 0 bridgehead atoms. The van der Waals surface area contributed by atoms with Gasteiger partial charge < -0.3 is 19.2 Å². The van der Waals surface area contributed by atoms with E-state index in [2.05, 4.69) is 0 Å². The molecule has 6 nitrogen and oxygen atoms in total. The molecular formula is C14H19NO5. The predicted molar refractivity (Wildman–Crippen MR) is 69.9 cm³/mol. The molecule has 1 aromatic heterocycles. The summed E-state index contributed by atoms with van der Waals surface area (Å²) in [6.07, 6.45) is 2.63. The normalized spacial score (nSPS) is 19.8. The predicted octanol–water partition coefficient (Wildman–Crippen LogP) is 1.51. The number of amides is 1. The molecule has 2 heterocycles. The number of aliphatic carboxylic acids is 1. The summed E-state index contributed by atoms with van der Waals surface area (Å²) in [5.41, 5.74) is 0. The Morgan fingerprint density at radius 3 is 2.90 bits per heavy atom. The number of rotatable bonds is 6. The van der Waals surface area contributed by atoms with Gasteiger partial charge in [0.25, 0.3) is 5.91 Å². The number of hydrogen-bond donors (Lipinski definition) is 1. The Morgan fingerprint density at radius 1 is 1.55 bits per heavy atom. The highest BCUT2D eigenvalue weighted by atomic mass is 16.5. The van der Waals surface area contributed by atoms with Gasteiger partial charge in [-0.3, -0.25) is 9.59 Å². The van der Waals surface area contributed by atoms with Crippen molar-refractivity contribution in [1.82, 2.24) is 4.90 Å². The number of furan rings is 1. The standard InChI is InChI=1S/C14H19NO5/c1-10(14(17)18)8-15(9-11-4-2-6-19-11)13(16)12-5-3-7-20-12/h2,4,6,10,12H,3,5,7-9H2,1H3,(H,17,18). The molecule has 0 saturated carbocycles. The number of hydrogen-bond acceptors (Lipinski definition) is 4. The van der Waals surface area contributed by atoms with Crippen LogP contribution < -0.4 is 0 Å². The van der Waals surface area contributed by atoms with Crippen LogP contribution in [0.3, 0.4) is 0 Å². The van der Waals surface area contributed by atoms with Crippen molar-refractivity contribution in [3.63, 3.8) is 0 Å². The van der Waals surface area contributed by atoms with Crippen LogP contribution in [0.25, 0.3) is 0 Å².